The smallest absolute Gasteiger partial charge is 0.164 e. The van der Waals surface area contributed by atoms with E-state index in [1.807, 2.05) is 36.4 Å². The van der Waals surface area contributed by atoms with Crippen molar-refractivity contribution in [1.29, 1.82) is 0 Å². The summed E-state index contributed by atoms with van der Waals surface area (Å²) in [5.74, 6) is 1.92. The highest BCUT2D eigenvalue weighted by atomic mass is 15.0. The van der Waals surface area contributed by atoms with Gasteiger partial charge in [0.1, 0.15) is 0 Å². The summed E-state index contributed by atoms with van der Waals surface area (Å²) in [6.07, 6.45) is 0. The fourth-order valence-corrected chi connectivity index (χ4v) is 10.7. The van der Waals surface area contributed by atoms with Crippen LogP contribution in [0.2, 0.25) is 0 Å². The molecule has 1 aliphatic carbocycles. The van der Waals surface area contributed by atoms with Gasteiger partial charge in [-0.3, -0.25) is 0 Å². The van der Waals surface area contributed by atoms with Crippen LogP contribution in [0.25, 0.3) is 99.5 Å². The molecule has 11 aromatic carbocycles. The number of fused-ring (bicyclic) bond motifs is 11. The van der Waals surface area contributed by atoms with Crippen LogP contribution in [-0.4, -0.2) is 15.0 Å². The van der Waals surface area contributed by atoms with Gasteiger partial charge in [0.15, 0.2) is 17.5 Å². The van der Waals surface area contributed by atoms with Crippen LogP contribution in [0.5, 0.6) is 0 Å². The van der Waals surface area contributed by atoms with Crippen molar-refractivity contribution >= 4 is 43.1 Å². The van der Waals surface area contributed by atoms with Crippen LogP contribution in [0.3, 0.4) is 0 Å². The van der Waals surface area contributed by atoms with Gasteiger partial charge in [0, 0.05) is 16.7 Å². The van der Waals surface area contributed by atoms with Gasteiger partial charge in [-0.15, -0.1) is 0 Å². The molecule has 0 spiro atoms. The minimum Gasteiger partial charge on any atom is -0.208 e. The van der Waals surface area contributed by atoms with Gasteiger partial charge in [-0.25, -0.2) is 15.0 Å². The van der Waals surface area contributed by atoms with E-state index < -0.39 is 5.41 Å². The standard InChI is InChI=1S/C62H39N3/c1-5-19-40(20-6-1)59-63-60(41-21-7-2-8-22-41)65-61(64-59)43-34-36-51-50-35-33-42(37-56(50)62(57(51)38-43,44-23-9-3-10-24-44)45-25-11-4-12-26-45)54-39-55-48-29-14-13-27-46(48)47-28-15-17-31-52(47)58(55)53-32-18-16-30-49(53)54/h1-39H. The molecular formula is C62H39N3. The molecule has 0 bridgehead atoms. The van der Waals surface area contributed by atoms with E-state index in [1.165, 1.54) is 87.6 Å². The van der Waals surface area contributed by atoms with E-state index in [-0.39, 0.29) is 0 Å². The molecule has 1 aliphatic rings. The molecule has 0 aliphatic heterocycles. The molecule has 0 unspecified atom stereocenters. The predicted molar refractivity (Wildman–Crippen MR) is 269 cm³/mol. The molecule has 0 fully saturated rings. The van der Waals surface area contributed by atoms with Crippen LogP contribution < -0.4 is 0 Å². The summed E-state index contributed by atoms with van der Waals surface area (Å²) in [6.45, 7) is 0. The van der Waals surface area contributed by atoms with E-state index in [0.29, 0.717) is 17.5 Å². The minimum atomic E-state index is -0.660. The Morgan fingerprint density at radius 1 is 0.246 bits per heavy atom. The lowest BCUT2D eigenvalue weighted by molar-refractivity contribution is 0.769. The first-order valence-electron chi connectivity index (χ1n) is 22.3. The first kappa shape index (κ1) is 37.1. The van der Waals surface area contributed by atoms with Crippen LogP contribution in [0, 0.1) is 0 Å². The van der Waals surface area contributed by atoms with Gasteiger partial charge in [-0.05, 0) is 106 Å². The predicted octanol–water partition coefficient (Wildman–Crippen LogP) is 15.5. The highest BCUT2D eigenvalue weighted by Crippen LogP contribution is 2.58. The van der Waals surface area contributed by atoms with E-state index in [2.05, 4.69) is 200 Å². The fraction of sp³-hybridized carbons (Fsp3) is 0.0161. The average molecular weight is 826 g/mol. The van der Waals surface area contributed by atoms with Crippen molar-refractivity contribution in [2.45, 2.75) is 5.41 Å². The summed E-state index contributed by atoms with van der Waals surface area (Å²) < 4.78 is 0. The maximum absolute atomic E-state index is 5.19. The Labute approximate surface area is 377 Å². The Hall–Kier alpha value is -8.53. The van der Waals surface area contributed by atoms with Crippen molar-refractivity contribution < 1.29 is 0 Å². The fourth-order valence-electron chi connectivity index (χ4n) is 10.7. The lowest BCUT2D eigenvalue weighted by atomic mass is 9.67. The number of aromatic nitrogens is 3. The zero-order valence-electron chi connectivity index (χ0n) is 35.4. The van der Waals surface area contributed by atoms with Crippen LogP contribution >= 0.6 is 0 Å². The van der Waals surface area contributed by atoms with Gasteiger partial charge in [-0.2, -0.15) is 0 Å². The molecule has 1 aromatic heterocycles. The lowest BCUT2D eigenvalue weighted by Crippen LogP contribution is -2.28. The largest absolute Gasteiger partial charge is 0.208 e. The summed E-state index contributed by atoms with van der Waals surface area (Å²) in [7, 11) is 0. The molecule has 65 heavy (non-hydrogen) atoms. The summed E-state index contributed by atoms with van der Waals surface area (Å²) in [5.41, 5.74) is 11.8. The Kier molecular flexibility index (Phi) is 8.44. The van der Waals surface area contributed by atoms with Gasteiger partial charge in [0.05, 0.1) is 5.41 Å². The lowest BCUT2D eigenvalue weighted by Gasteiger charge is -2.34. The molecule has 0 N–H and O–H groups in total. The van der Waals surface area contributed by atoms with Crippen molar-refractivity contribution in [3.05, 3.63) is 259 Å². The molecule has 0 radical (unpaired) electrons. The van der Waals surface area contributed by atoms with Crippen molar-refractivity contribution in [2.24, 2.45) is 0 Å². The molecule has 3 heteroatoms. The van der Waals surface area contributed by atoms with Crippen LogP contribution in [0.15, 0.2) is 237 Å². The van der Waals surface area contributed by atoms with E-state index in [9.17, 15) is 0 Å². The molecular weight excluding hydrogens is 787 g/mol. The second-order valence-electron chi connectivity index (χ2n) is 17.0. The van der Waals surface area contributed by atoms with Gasteiger partial charge < -0.3 is 0 Å². The summed E-state index contributed by atoms with van der Waals surface area (Å²) in [4.78, 5) is 15.4. The number of hydrogen-bond donors (Lipinski definition) is 0. The topological polar surface area (TPSA) is 38.7 Å². The number of benzene rings is 11. The molecule has 0 saturated carbocycles. The second-order valence-corrected chi connectivity index (χ2v) is 17.0. The third-order valence-electron chi connectivity index (χ3n) is 13.6. The Balaban J connectivity index is 1.08. The van der Waals surface area contributed by atoms with E-state index in [1.54, 1.807) is 0 Å². The van der Waals surface area contributed by atoms with Crippen molar-refractivity contribution in [3.63, 3.8) is 0 Å². The summed E-state index contributed by atoms with van der Waals surface area (Å²) in [6, 6.07) is 85.6. The van der Waals surface area contributed by atoms with E-state index >= 15 is 0 Å². The molecule has 0 amide bonds. The first-order valence-corrected chi connectivity index (χ1v) is 22.3. The maximum atomic E-state index is 5.19. The highest BCUT2D eigenvalue weighted by molar-refractivity contribution is 6.33. The molecule has 302 valence electrons. The Bertz CT molecular complexity index is 3710. The highest BCUT2D eigenvalue weighted by Gasteiger charge is 2.46. The van der Waals surface area contributed by atoms with Crippen LogP contribution in [0.4, 0.5) is 0 Å². The van der Waals surface area contributed by atoms with Gasteiger partial charge >= 0.3 is 0 Å². The molecule has 12 aromatic rings. The van der Waals surface area contributed by atoms with Crippen LogP contribution in [-0.2, 0) is 5.41 Å². The molecule has 1 heterocycles. The van der Waals surface area contributed by atoms with Crippen molar-refractivity contribution in [3.8, 4) is 56.4 Å². The third kappa shape index (κ3) is 5.72. The van der Waals surface area contributed by atoms with Crippen LogP contribution in [0.1, 0.15) is 22.3 Å². The molecule has 3 nitrogen and oxygen atoms in total. The SMILES string of the molecule is c1ccc(-c2nc(-c3ccccc3)nc(-c3ccc4c(c3)C(c3ccccc3)(c3ccccc3)c3cc(-c5cc6c7ccccc7c7ccccc7c6c6ccccc56)ccc3-4)n2)cc1. The summed E-state index contributed by atoms with van der Waals surface area (Å²) in [5, 5.41) is 10.2. The summed E-state index contributed by atoms with van der Waals surface area (Å²) >= 11 is 0. The minimum absolute atomic E-state index is 0.634. The van der Waals surface area contributed by atoms with Gasteiger partial charge in [-0.1, -0.05) is 218 Å². The Morgan fingerprint density at radius 2 is 0.615 bits per heavy atom. The first-order chi connectivity index (χ1) is 32.2. The number of hydrogen-bond acceptors (Lipinski definition) is 3. The van der Waals surface area contributed by atoms with E-state index in [4.69, 9.17) is 15.0 Å². The van der Waals surface area contributed by atoms with Gasteiger partial charge in [0.25, 0.3) is 0 Å². The Morgan fingerprint density at radius 3 is 1.14 bits per heavy atom. The molecule has 13 rings (SSSR count). The third-order valence-corrected chi connectivity index (χ3v) is 13.6. The zero-order chi connectivity index (χ0) is 42.9. The van der Waals surface area contributed by atoms with E-state index in [0.717, 1.165) is 16.7 Å². The number of rotatable bonds is 6. The van der Waals surface area contributed by atoms with Crippen molar-refractivity contribution in [1.82, 2.24) is 15.0 Å². The average Bonchev–Trinajstić information content (AvgIpc) is 3.69. The van der Waals surface area contributed by atoms with Gasteiger partial charge in [0.2, 0.25) is 0 Å². The van der Waals surface area contributed by atoms with Crippen molar-refractivity contribution in [2.75, 3.05) is 0 Å². The molecule has 0 atom stereocenters. The monoisotopic (exact) mass is 825 g/mol. The quantitative estimate of drug-likeness (QED) is 0.157. The second kappa shape index (κ2) is 14.8. The number of nitrogens with zero attached hydrogens (tertiary/aromatic N) is 3. The zero-order valence-corrected chi connectivity index (χ0v) is 35.4. The normalized spacial score (nSPS) is 12.7. The maximum Gasteiger partial charge on any atom is 0.164 e. The molecule has 0 saturated heterocycles.